The number of pyridine rings is 1. The van der Waals surface area contributed by atoms with Gasteiger partial charge in [-0.2, -0.15) is 4.57 Å². The number of hydrogen-bond donors (Lipinski definition) is 3. The molecule has 2 aliphatic heterocycles. The Balaban J connectivity index is 1.67. The molecule has 2 fully saturated rings. The number of ether oxygens (including phenoxy) is 1. The average molecular weight is 375 g/mol. The number of phosphoric ester groups is 1. The molecule has 2 aliphatic rings. The van der Waals surface area contributed by atoms with Crippen molar-refractivity contribution in [2.45, 2.75) is 31.0 Å². The Morgan fingerprint density at radius 2 is 2.08 bits per heavy atom. The number of aromatic nitrogens is 1. The predicted octanol–water partition coefficient (Wildman–Crippen LogP) is -0.746. The summed E-state index contributed by atoms with van der Waals surface area (Å²) >= 11 is 0. The van der Waals surface area contributed by atoms with Gasteiger partial charge in [0, 0.05) is 6.07 Å². The van der Waals surface area contributed by atoms with E-state index in [1.54, 1.807) is 12.3 Å². The van der Waals surface area contributed by atoms with Gasteiger partial charge in [0.1, 0.15) is 17.8 Å². The standard InChI is InChI=1S/C14H19N2O8P/c15-13(19)9-3-1-4-16(7-9)14-12(18)11(17)10(24-14)8-23-25(20)21-5-2-6-22-25/h1,3-4,7,10-12,14,17-18H,2,5-6,8H2,(H-,15,19)/p+1/t10-,11+,12?,14-/m1/s1. The number of primary amides is 1. The van der Waals surface area contributed by atoms with E-state index in [2.05, 4.69) is 0 Å². The van der Waals surface area contributed by atoms with Gasteiger partial charge in [-0.05, 0) is 12.5 Å². The molecule has 11 heteroatoms. The molecule has 3 rings (SSSR count). The van der Waals surface area contributed by atoms with Gasteiger partial charge in [-0.1, -0.05) is 0 Å². The number of nitrogens with zero attached hydrogens (tertiary/aromatic N) is 1. The highest BCUT2D eigenvalue weighted by molar-refractivity contribution is 7.48. The van der Waals surface area contributed by atoms with E-state index in [-0.39, 0.29) is 25.4 Å². The van der Waals surface area contributed by atoms with Crippen LogP contribution in [0.1, 0.15) is 23.0 Å². The average Bonchev–Trinajstić information content (AvgIpc) is 2.89. The maximum atomic E-state index is 12.1. The third-order valence-electron chi connectivity index (χ3n) is 3.92. The van der Waals surface area contributed by atoms with Crippen molar-refractivity contribution in [3.05, 3.63) is 30.1 Å². The van der Waals surface area contributed by atoms with Crippen LogP contribution >= 0.6 is 7.82 Å². The Labute approximate surface area is 143 Å². The van der Waals surface area contributed by atoms with Gasteiger partial charge in [-0.25, -0.2) is 4.57 Å². The summed E-state index contributed by atoms with van der Waals surface area (Å²) in [7, 11) is -3.67. The molecular weight excluding hydrogens is 355 g/mol. The molecule has 0 saturated carbocycles. The molecule has 25 heavy (non-hydrogen) atoms. The Hall–Kier alpha value is -1.39. The Kier molecular flexibility index (Phi) is 5.49. The van der Waals surface area contributed by atoms with Gasteiger partial charge in [-0.3, -0.25) is 18.4 Å². The van der Waals surface area contributed by atoms with Gasteiger partial charge < -0.3 is 20.7 Å². The van der Waals surface area contributed by atoms with Crippen molar-refractivity contribution in [1.29, 1.82) is 0 Å². The van der Waals surface area contributed by atoms with Gasteiger partial charge >= 0.3 is 7.82 Å². The highest BCUT2D eigenvalue weighted by Crippen LogP contribution is 2.52. The molecule has 1 amide bonds. The third kappa shape index (κ3) is 4.06. The first-order chi connectivity index (χ1) is 11.9. The molecule has 0 radical (unpaired) electrons. The maximum absolute atomic E-state index is 12.1. The summed E-state index contributed by atoms with van der Waals surface area (Å²) in [6, 6.07) is 3.08. The number of aliphatic hydroxyl groups excluding tert-OH is 2. The van der Waals surface area contributed by atoms with Crippen molar-refractivity contribution in [1.82, 2.24) is 0 Å². The monoisotopic (exact) mass is 375 g/mol. The fourth-order valence-electron chi connectivity index (χ4n) is 2.60. The number of carbonyl (C=O) groups is 1. The van der Waals surface area contributed by atoms with Gasteiger partial charge in [0.05, 0.1) is 19.8 Å². The van der Waals surface area contributed by atoms with E-state index in [0.29, 0.717) is 6.42 Å². The second kappa shape index (κ2) is 7.46. The number of phosphoric acid groups is 1. The van der Waals surface area contributed by atoms with Crippen LogP contribution in [0.5, 0.6) is 0 Å². The van der Waals surface area contributed by atoms with Gasteiger partial charge in [0.2, 0.25) is 0 Å². The molecular formula is C14H20N2O8P+. The zero-order valence-corrected chi connectivity index (χ0v) is 14.2. The minimum absolute atomic E-state index is 0.223. The predicted molar refractivity (Wildman–Crippen MR) is 81.2 cm³/mol. The van der Waals surface area contributed by atoms with Gasteiger partial charge in [-0.15, -0.1) is 0 Å². The summed E-state index contributed by atoms with van der Waals surface area (Å²) in [5.74, 6) is -0.632. The molecule has 1 aromatic rings. The molecule has 0 aliphatic carbocycles. The number of nitrogens with two attached hydrogens (primary N) is 1. The normalized spacial score (nSPS) is 31.8. The quantitative estimate of drug-likeness (QED) is 0.451. The van der Waals surface area contributed by atoms with Crippen LogP contribution in [0.4, 0.5) is 0 Å². The van der Waals surface area contributed by atoms with Gasteiger partial charge in [0.15, 0.2) is 18.5 Å². The van der Waals surface area contributed by atoms with Crippen molar-refractivity contribution in [3.8, 4) is 0 Å². The molecule has 10 nitrogen and oxygen atoms in total. The fourth-order valence-corrected chi connectivity index (χ4v) is 3.86. The van der Waals surface area contributed by atoms with E-state index in [4.69, 9.17) is 24.0 Å². The molecule has 138 valence electrons. The van der Waals surface area contributed by atoms with Crippen molar-refractivity contribution >= 4 is 13.7 Å². The van der Waals surface area contributed by atoms with Crippen molar-refractivity contribution in [3.63, 3.8) is 0 Å². The number of aliphatic hydroxyl groups is 2. The van der Waals surface area contributed by atoms with Crippen LogP contribution in [0.25, 0.3) is 0 Å². The molecule has 1 aromatic heterocycles. The van der Waals surface area contributed by atoms with E-state index in [9.17, 15) is 19.6 Å². The zero-order chi connectivity index (χ0) is 18.0. The maximum Gasteiger partial charge on any atom is 0.474 e. The lowest BCUT2D eigenvalue weighted by molar-refractivity contribution is -0.765. The van der Waals surface area contributed by atoms with Crippen LogP contribution in [-0.2, 0) is 22.9 Å². The van der Waals surface area contributed by atoms with Crippen LogP contribution < -0.4 is 10.3 Å². The minimum atomic E-state index is -3.67. The molecule has 3 heterocycles. The summed E-state index contributed by atoms with van der Waals surface area (Å²) in [5.41, 5.74) is 5.45. The first kappa shape index (κ1) is 18.4. The Bertz CT molecular complexity index is 677. The van der Waals surface area contributed by atoms with Crippen LogP contribution in [0.3, 0.4) is 0 Å². The number of rotatable bonds is 5. The second-order valence-electron chi connectivity index (χ2n) is 5.71. The molecule has 0 spiro atoms. The summed E-state index contributed by atoms with van der Waals surface area (Å²) < 4.78 is 34.3. The topological polar surface area (TPSA) is 141 Å². The second-order valence-corrected chi connectivity index (χ2v) is 7.38. The highest BCUT2D eigenvalue weighted by atomic mass is 31.2. The number of carbonyl (C=O) groups excluding carboxylic acids is 1. The van der Waals surface area contributed by atoms with Crippen LogP contribution in [0.15, 0.2) is 24.5 Å². The molecule has 0 aromatic carbocycles. The lowest BCUT2D eigenvalue weighted by Crippen LogP contribution is -2.46. The molecule has 4 N–H and O–H groups in total. The first-order valence-corrected chi connectivity index (χ1v) is 9.21. The fraction of sp³-hybridized carbons (Fsp3) is 0.571. The highest BCUT2D eigenvalue weighted by Gasteiger charge is 2.49. The molecule has 0 bridgehead atoms. The molecule has 4 atom stereocenters. The van der Waals surface area contributed by atoms with E-state index in [1.807, 2.05) is 0 Å². The van der Waals surface area contributed by atoms with E-state index >= 15 is 0 Å². The smallest absolute Gasteiger partial charge is 0.387 e. The van der Waals surface area contributed by atoms with E-state index in [0.717, 1.165) is 0 Å². The van der Waals surface area contributed by atoms with E-state index < -0.39 is 38.3 Å². The lowest BCUT2D eigenvalue weighted by atomic mass is 10.1. The summed E-state index contributed by atoms with van der Waals surface area (Å²) in [6.45, 7) is 0.223. The van der Waals surface area contributed by atoms with Crippen molar-refractivity contribution in [2.75, 3.05) is 19.8 Å². The van der Waals surface area contributed by atoms with Crippen molar-refractivity contribution in [2.24, 2.45) is 5.73 Å². The zero-order valence-electron chi connectivity index (χ0n) is 13.3. The lowest BCUT2D eigenvalue weighted by Gasteiger charge is -2.23. The van der Waals surface area contributed by atoms with E-state index in [1.165, 1.54) is 16.8 Å². The third-order valence-corrected chi connectivity index (χ3v) is 5.39. The Morgan fingerprint density at radius 1 is 1.36 bits per heavy atom. The Morgan fingerprint density at radius 3 is 2.76 bits per heavy atom. The van der Waals surface area contributed by atoms with Gasteiger partial charge in [0.25, 0.3) is 12.1 Å². The summed E-state index contributed by atoms with van der Waals surface area (Å²) in [5, 5.41) is 20.4. The molecule has 1 unspecified atom stereocenters. The molecule has 2 saturated heterocycles. The van der Waals surface area contributed by atoms with Crippen LogP contribution in [-0.4, -0.2) is 54.3 Å². The van der Waals surface area contributed by atoms with Crippen molar-refractivity contribution < 1.29 is 42.4 Å². The summed E-state index contributed by atoms with van der Waals surface area (Å²) in [6.07, 6.45) is -0.902. The first-order valence-electron chi connectivity index (χ1n) is 7.75. The largest absolute Gasteiger partial charge is 0.474 e. The van der Waals surface area contributed by atoms with Crippen LogP contribution in [0, 0.1) is 0 Å². The SMILES string of the molecule is NC(=O)c1ccc[n+]([C@@H]2O[C@H](COP3(=O)OCCCO3)[C@H](O)C2O)c1. The number of hydrogen-bond acceptors (Lipinski definition) is 8. The number of amides is 1. The van der Waals surface area contributed by atoms with Crippen LogP contribution in [0.2, 0.25) is 0 Å². The summed E-state index contributed by atoms with van der Waals surface area (Å²) in [4.78, 5) is 11.3. The minimum Gasteiger partial charge on any atom is -0.387 e.